The lowest BCUT2D eigenvalue weighted by molar-refractivity contribution is -0.138. The second-order valence-electron chi connectivity index (χ2n) is 5.12. The Morgan fingerprint density at radius 1 is 1.56 bits per heavy atom. The fourth-order valence-corrected chi connectivity index (χ4v) is 2.72. The van der Waals surface area contributed by atoms with E-state index in [4.69, 9.17) is 5.11 Å². The van der Waals surface area contributed by atoms with Gasteiger partial charge in [0, 0.05) is 19.6 Å². The molecule has 2 heterocycles. The second-order valence-corrected chi connectivity index (χ2v) is 5.12. The van der Waals surface area contributed by atoms with Gasteiger partial charge in [-0.3, -0.25) is 14.4 Å². The van der Waals surface area contributed by atoms with Gasteiger partial charge in [-0.05, 0) is 32.4 Å². The van der Waals surface area contributed by atoms with Crippen LogP contribution in [0.25, 0.3) is 0 Å². The van der Waals surface area contributed by atoms with Gasteiger partial charge in [0.2, 0.25) is 0 Å². The van der Waals surface area contributed by atoms with E-state index in [2.05, 4.69) is 16.1 Å². The van der Waals surface area contributed by atoms with Crippen molar-refractivity contribution in [2.45, 2.75) is 45.2 Å². The Kier molecular flexibility index (Phi) is 4.01. The number of piperidine rings is 1. The van der Waals surface area contributed by atoms with Crippen molar-refractivity contribution >= 4 is 5.97 Å². The number of aliphatic carboxylic acids is 1. The Morgan fingerprint density at radius 3 is 2.94 bits per heavy atom. The van der Waals surface area contributed by atoms with Gasteiger partial charge in [0.05, 0.1) is 17.8 Å². The fraction of sp³-hybridized carbons (Fsp3) is 0.692. The molecule has 0 saturated carbocycles. The highest BCUT2D eigenvalue weighted by atomic mass is 16.4. The van der Waals surface area contributed by atoms with E-state index in [1.807, 2.05) is 18.7 Å². The molecule has 0 aromatic carbocycles. The molecule has 0 bridgehead atoms. The number of likely N-dealkylation sites (tertiary alicyclic amines) is 1. The molecule has 1 N–H and O–H groups in total. The first-order chi connectivity index (χ1) is 8.56. The molecule has 1 aromatic rings. The minimum Gasteiger partial charge on any atom is -0.481 e. The molecule has 1 saturated heterocycles. The SMILES string of the molecule is Cc1cc(CN2CCCCC2CC(=O)O)n(C)n1. The Labute approximate surface area is 107 Å². The minimum atomic E-state index is -0.701. The Bertz CT molecular complexity index is 428. The lowest BCUT2D eigenvalue weighted by atomic mass is 9.99. The van der Waals surface area contributed by atoms with Crippen molar-refractivity contribution in [2.75, 3.05) is 6.54 Å². The van der Waals surface area contributed by atoms with Gasteiger partial charge in [-0.1, -0.05) is 6.42 Å². The number of carboxylic acids is 1. The zero-order chi connectivity index (χ0) is 13.1. The molecule has 5 nitrogen and oxygen atoms in total. The van der Waals surface area contributed by atoms with Crippen LogP contribution in [0.2, 0.25) is 0 Å². The summed E-state index contributed by atoms with van der Waals surface area (Å²) in [6.07, 6.45) is 3.53. The van der Waals surface area contributed by atoms with Crippen LogP contribution in [0, 0.1) is 6.92 Å². The number of hydrogen-bond donors (Lipinski definition) is 1. The predicted octanol–water partition coefficient (Wildman–Crippen LogP) is 1.56. The lowest BCUT2D eigenvalue weighted by Crippen LogP contribution is -2.40. The summed E-state index contributed by atoms with van der Waals surface area (Å²) in [6.45, 7) is 3.77. The topological polar surface area (TPSA) is 58.4 Å². The third-order valence-corrected chi connectivity index (χ3v) is 3.62. The standard InChI is InChI=1S/C13H21N3O2/c1-10-7-12(15(2)14-10)9-16-6-4-3-5-11(16)8-13(17)18/h7,11H,3-6,8-9H2,1-2H3,(H,17,18). The minimum absolute atomic E-state index is 0.173. The van der Waals surface area contributed by atoms with Gasteiger partial charge in [-0.25, -0.2) is 0 Å². The van der Waals surface area contributed by atoms with Crippen LogP contribution < -0.4 is 0 Å². The lowest BCUT2D eigenvalue weighted by Gasteiger charge is -2.34. The monoisotopic (exact) mass is 251 g/mol. The number of carbonyl (C=O) groups is 1. The van der Waals surface area contributed by atoms with Crippen LogP contribution in [0.15, 0.2) is 6.07 Å². The van der Waals surface area contributed by atoms with Crippen molar-refractivity contribution in [2.24, 2.45) is 7.05 Å². The third kappa shape index (κ3) is 3.10. The summed E-state index contributed by atoms with van der Waals surface area (Å²) in [5.74, 6) is -0.701. The summed E-state index contributed by atoms with van der Waals surface area (Å²) in [6, 6.07) is 2.25. The maximum atomic E-state index is 10.9. The van der Waals surface area contributed by atoms with Crippen LogP contribution in [-0.4, -0.2) is 38.3 Å². The van der Waals surface area contributed by atoms with E-state index in [0.717, 1.165) is 43.7 Å². The van der Waals surface area contributed by atoms with Crippen LogP contribution in [0.3, 0.4) is 0 Å². The molecule has 5 heteroatoms. The highest BCUT2D eigenvalue weighted by molar-refractivity contribution is 5.67. The molecular weight excluding hydrogens is 230 g/mol. The molecule has 1 unspecified atom stereocenters. The van der Waals surface area contributed by atoms with Crippen molar-refractivity contribution in [1.82, 2.24) is 14.7 Å². The number of nitrogens with zero attached hydrogens (tertiary/aromatic N) is 3. The van der Waals surface area contributed by atoms with Crippen molar-refractivity contribution in [1.29, 1.82) is 0 Å². The molecule has 100 valence electrons. The van der Waals surface area contributed by atoms with E-state index >= 15 is 0 Å². The highest BCUT2D eigenvalue weighted by Gasteiger charge is 2.25. The van der Waals surface area contributed by atoms with Gasteiger partial charge >= 0.3 is 5.97 Å². The largest absolute Gasteiger partial charge is 0.481 e. The van der Waals surface area contributed by atoms with E-state index in [1.165, 1.54) is 0 Å². The van der Waals surface area contributed by atoms with Crippen molar-refractivity contribution in [3.63, 3.8) is 0 Å². The maximum Gasteiger partial charge on any atom is 0.304 e. The van der Waals surface area contributed by atoms with E-state index in [1.54, 1.807) is 0 Å². The molecule has 2 rings (SSSR count). The average molecular weight is 251 g/mol. The Balaban J connectivity index is 2.05. The predicted molar refractivity (Wildman–Crippen MR) is 68.2 cm³/mol. The molecule has 1 aromatic heterocycles. The van der Waals surface area contributed by atoms with Crippen LogP contribution in [0.1, 0.15) is 37.1 Å². The van der Waals surface area contributed by atoms with Gasteiger partial charge in [-0.2, -0.15) is 5.10 Å². The molecule has 0 spiro atoms. The van der Waals surface area contributed by atoms with Crippen LogP contribution in [0.5, 0.6) is 0 Å². The summed E-state index contributed by atoms with van der Waals surface area (Å²) >= 11 is 0. The number of aryl methyl sites for hydroxylation is 2. The van der Waals surface area contributed by atoms with Gasteiger partial charge in [-0.15, -0.1) is 0 Å². The van der Waals surface area contributed by atoms with Crippen LogP contribution in [0.4, 0.5) is 0 Å². The second kappa shape index (κ2) is 5.52. The van der Waals surface area contributed by atoms with E-state index < -0.39 is 5.97 Å². The summed E-state index contributed by atoms with van der Waals surface area (Å²) in [5.41, 5.74) is 2.17. The summed E-state index contributed by atoms with van der Waals surface area (Å²) in [4.78, 5) is 13.2. The molecule has 1 aliphatic heterocycles. The van der Waals surface area contributed by atoms with E-state index in [9.17, 15) is 4.79 Å². The number of rotatable bonds is 4. The highest BCUT2D eigenvalue weighted by Crippen LogP contribution is 2.22. The molecule has 1 atom stereocenters. The molecule has 0 aliphatic carbocycles. The molecular formula is C13H21N3O2. The maximum absolute atomic E-state index is 10.9. The molecule has 18 heavy (non-hydrogen) atoms. The fourth-order valence-electron chi connectivity index (χ4n) is 2.72. The number of aromatic nitrogens is 2. The Morgan fingerprint density at radius 2 is 2.33 bits per heavy atom. The zero-order valence-corrected chi connectivity index (χ0v) is 11.1. The first-order valence-electron chi connectivity index (χ1n) is 6.51. The summed E-state index contributed by atoms with van der Waals surface area (Å²) < 4.78 is 1.89. The van der Waals surface area contributed by atoms with Crippen LogP contribution in [-0.2, 0) is 18.4 Å². The van der Waals surface area contributed by atoms with Gasteiger partial charge in [0.1, 0.15) is 0 Å². The first kappa shape index (κ1) is 13.1. The van der Waals surface area contributed by atoms with Crippen LogP contribution >= 0.6 is 0 Å². The summed E-state index contributed by atoms with van der Waals surface area (Å²) in [7, 11) is 1.94. The van der Waals surface area contributed by atoms with Crippen molar-refractivity contribution < 1.29 is 9.90 Å². The molecule has 0 amide bonds. The first-order valence-corrected chi connectivity index (χ1v) is 6.51. The van der Waals surface area contributed by atoms with Gasteiger partial charge < -0.3 is 5.11 Å². The molecule has 1 fully saturated rings. The van der Waals surface area contributed by atoms with E-state index in [-0.39, 0.29) is 12.5 Å². The zero-order valence-electron chi connectivity index (χ0n) is 11.1. The smallest absolute Gasteiger partial charge is 0.304 e. The molecule has 1 aliphatic rings. The van der Waals surface area contributed by atoms with Gasteiger partial charge in [0.25, 0.3) is 0 Å². The van der Waals surface area contributed by atoms with Gasteiger partial charge in [0.15, 0.2) is 0 Å². The normalized spacial score (nSPS) is 21.1. The van der Waals surface area contributed by atoms with Crippen molar-refractivity contribution in [3.8, 4) is 0 Å². The quantitative estimate of drug-likeness (QED) is 0.882. The third-order valence-electron chi connectivity index (χ3n) is 3.62. The Hall–Kier alpha value is -1.36. The summed E-state index contributed by atoms with van der Waals surface area (Å²) in [5, 5.41) is 13.3. The average Bonchev–Trinajstić information content (AvgIpc) is 2.59. The van der Waals surface area contributed by atoms with Crippen molar-refractivity contribution in [3.05, 3.63) is 17.5 Å². The number of hydrogen-bond acceptors (Lipinski definition) is 3. The number of carboxylic acid groups (broad SMARTS) is 1. The van der Waals surface area contributed by atoms with E-state index in [0.29, 0.717) is 0 Å². The molecule has 0 radical (unpaired) electrons.